The molecule has 1 aromatic heterocycles. The van der Waals surface area contributed by atoms with Crippen LogP contribution in [0, 0.1) is 0 Å². The van der Waals surface area contributed by atoms with E-state index in [9.17, 15) is 4.79 Å². The van der Waals surface area contributed by atoms with Crippen LogP contribution < -0.4 is 0 Å². The third-order valence-electron chi connectivity index (χ3n) is 2.44. The molecule has 0 aliphatic rings. The Hall–Kier alpha value is -1.22. The average molecular weight is 220 g/mol. The molecule has 0 saturated carbocycles. The van der Waals surface area contributed by atoms with Crippen molar-refractivity contribution in [3.63, 3.8) is 0 Å². The zero-order valence-electron chi connectivity index (χ0n) is 10.5. The van der Waals surface area contributed by atoms with Gasteiger partial charge in [-0.05, 0) is 39.8 Å². The van der Waals surface area contributed by atoms with Gasteiger partial charge in [0.05, 0.1) is 12.2 Å². The second-order valence-electron chi connectivity index (χ2n) is 5.05. The van der Waals surface area contributed by atoms with E-state index in [1.807, 2.05) is 18.2 Å². The third-order valence-corrected chi connectivity index (χ3v) is 2.44. The van der Waals surface area contributed by atoms with E-state index in [2.05, 4.69) is 30.7 Å². The van der Waals surface area contributed by atoms with E-state index in [4.69, 9.17) is 0 Å². The average Bonchev–Trinajstić information content (AvgIpc) is 2.16. The summed E-state index contributed by atoms with van der Waals surface area (Å²) in [6, 6.07) is 5.85. The number of rotatable bonds is 4. The topological polar surface area (TPSA) is 33.2 Å². The van der Waals surface area contributed by atoms with Gasteiger partial charge in [-0.3, -0.25) is 14.7 Å². The highest BCUT2D eigenvalue weighted by molar-refractivity contribution is 5.77. The van der Waals surface area contributed by atoms with Crippen LogP contribution in [0.5, 0.6) is 0 Å². The van der Waals surface area contributed by atoms with E-state index in [1.54, 1.807) is 13.1 Å². The fourth-order valence-corrected chi connectivity index (χ4v) is 1.49. The molecule has 3 nitrogen and oxygen atoms in total. The van der Waals surface area contributed by atoms with Crippen molar-refractivity contribution in [2.45, 2.75) is 39.8 Å². The number of ketones is 1. The Labute approximate surface area is 97.5 Å². The van der Waals surface area contributed by atoms with Crippen LogP contribution in [0.1, 0.15) is 33.4 Å². The smallest absolute Gasteiger partial charge is 0.143 e. The molecule has 16 heavy (non-hydrogen) atoms. The molecule has 0 N–H and O–H groups in total. The first-order valence-corrected chi connectivity index (χ1v) is 5.54. The van der Waals surface area contributed by atoms with Crippen LogP contribution in [0.2, 0.25) is 0 Å². The van der Waals surface area contributed by atoms with Gasteiger partial charge in [0.1, 0.15) is 5.78 Å². The van der Waals surface area contributed by atoms with Crippen molar-refractivity contribution in [1.29, 1.82) is 0 Å². The Bertz CT molecular complexity index is 341. The molecule has 0 amide bonds. The summed E-state index contributed by atoms with van der Waals surface area (Å²) >= 11 is 0. The minimum atomic E-state index is -0.0246. The summed E-state index contributed by atoms with van der Waals surface area (Å²) in [7, 11) is 0. The van der Waals surface area contributed by atoms with E-state index < -0.39 is 0 Å². The molecule has 0 radical (unpaired) electrons. The van der Waals surface area contributed by atoms with E-state index in [0.29, 0.717) is 13.1 Å². The molecule has 0 spiro atoms. The fraction of sp³-hybridized carbons (Fsp3) is 0.538. The molecule has 0 atom stereocenters. The predicted molar refractivity (Wildman–Crippen MR) is 65.1 cm³/mol. The lowest BCUT2D eigenvalue weighted by Gasteiger charge is -2.34. The lowest BCUT2D eigenvalue weighted by atomic mass is 10.1. The first-order chi connectivity index (χ1) is 7.39. The first kappa shape index (κ1) is 12.8. The molecule has 0 aliphatic carbocycles. The van der Waals surface area contributed by atoms with Crippen molar-refractivity contribution in [3.05, 3.63) is 30.1 Å². The summed E-state index contributed by atoms with van der Waals surface area (Å²) in [5.74, 6) is 0.186. The molecule has 3 heteroatoms. The second kappa shape index (κ2) is 5.21. The van der Waals surface area contributed by atoms with Gasteiger partial charge in [-0.2, -0.15) is 0 Å². The number of Topliss-reactive ketones (excluding diaryl/α,β-unsaturated/α-hetero) is 1. The predicted octanol–water partition coefficient (Wildman–Crippen LogP) is 2.27. The van der Waals surface area contributed by atoms with Crippen LogP contribution in [0.25, 0.3) is 0 Å². The first-order valence-electron chi connectivity index (χ1n) is 5.54. The number of aromatic nitrogens is 1. The van der Waals surface area contributed by atoms with Crippen molar-refractivity contribution < 1.29 is 4.79 Å². The maximum atomic E-state index is 11.2. The van der Waals surface area contributed by atoms with Gasteiger partial charge >= 0.3 is 0 Å². The van der Waals surface area contributed by atoms with Gasteiger partial charge in [0, 0.05) is 18.3 Å². The van der Waals surface area contributed by atoms with Gasteiger partial charge in [-0.1, -0.05) is 6.07 Å². The van der Waals surface area contributed by atoms with E-state index in [-0.39, 0.29) is 11.3 Å². The van der Waals surface area contributed by atoms with Crippen molar-refractivity contribution in [1.82, 2.24) is 9.88 Å². The SMILES string of the molecule is CC(=O)CN(Cc1ccccn1)C(C)(C)C. The van der Waals surface area contributed by atoms with Crippen LogP contribution in [-0.4, -0.2) is 27.8 Å². The normalized spacial score (nSPS) is 11.8. The molecule has 1 heterocycles. The standard InChI is InChI=1S/C13H20N2O/c1-11(16)9-15(13(2,3)4)10-12-7-5-6-8-14-12/h5-8H,9-10H2,1-4H3. The highest BCUT2D eigenvalue weighted by atomic mass is 16.1. The van der Waals surface area contributed by atoms with Gasteiger partial charge in [0.25, 0.3) is 0 Å². The van der Waals surface area contributed by atoms with Crippen molar-refractivity contribution in [3.8, 4) is 0 Å². The summed E-state index contributed by atoms with van der Waals surface area (Å²) in [4.78, 5) is 17.7. The summed E-state index contributed by atoms with van der Waals surface area (Å²) in [6.07, 6.45) is 1.78. The Kier molecular flexibility index (Phi) is 4.19. The van der Waals surface area contributed by atoms with Crippen molar-refractivity contribution in [2.75, 3.05) is 6.54 Å². The molecule has 0 saturated heterocycles. The second-order valence-corrected chi connectivity index (χ2v) is 5.05. The number of nitrogens with zero attached hydrogens (tertiary/aromatic N) is 2. The molecule has 0 unspecified atom stereocenters. The third kappa shape index (κ3) is 4.11. The molecular formula is C13H20N2O. The quantitative estimate of drug-likeness (QED) is 0.780. The van der Waals surface area contributed by atoms with Crippen LogP contribution in [0.3, 0.4) is 0 Å². The summed E-state index contributed by atoms with van der Waals surface area (Å²) in [5, 5.41) is 0. The lowest BCUT2D eigenvalue weighted by Crippen LogP contribution is -2.43. The van der Waals surface area contributed by atoms with Gasteiger partial charge in [0.2, 0.25) is 0 Å². The zero-order chi connectivity index (χ0) is 12.2. The Morgan fingerprint density at radius 2 is 2.06 bits per heavy atom. The molecule has 0 fully saturated rings. The summed E-state index contributed by atoms with van der Waals surface area (Å²) < 4.78 is 0. The monoisotopic (exact) mass is 220 g/mol. The minimum absolute atomic E-state index is 0.0246. The zero-order valence-corrected chi connectivity index (χ0v) is 10.5. The maximum Gasteiger partial charge on any atom is 0.143 e. The van der Waals surface area contributed by atoms with Gasteiger partial charge < -0.3 is 0 Å². The molecule has 0 aliphatic heterocycles. The van der Waals surface area contributed by atoms with Crippen LogP contribution in [0.4, 0.5) is 0 Å². The summed E-state index contributed by atoms with van der Waals surface area (Å²) in [6.45, 7) is 9.14. The summed E-state index contributed by atoms with van der Waals surface area (Å²) in [5.41, 5.74) is 0.974. The number of hydrogen-bond donors (Lipinski definition) is 0. The van der Waals surface area contributed by atoms with E-state index in [1.165, 1.54) is 0 Å². The van der Waals surface area contributed by atoms with Crippen LogP contribution in [0.15, 0.2) is 24.4 Å². The Morgan fingerprint density at radius 3 is 2.50 bits per heavy atom. The molecule has 88 valence electrons. The lowest BCUT2D eigenvalue weighted by molar-refractivity contribution is -0.119. The number of carbonyl (C=O) groups excluding carboxylic acids is 1. The highest BCUT2D eigenvalue weighted by Gasteiger charge is 2.22. The molecule has 0 aromatic carbocycles. The van der Waals surface area contributed by atoms with Gasteiger partial charge in [-0.25, -0.2) is 0 Å². The van der Waals surface area contributed by atoms with Crippen LogP contribution in [-0.2, 0) is 11.3 Å². The number of carbonyl (C=O) groups is 1. The number of pyridine rings is 1. The Balaban J connectivity index is 2.75. The van der Waals surface area contributed by atoms with Gasteiger partial charge in [0.15, 0.2) is 0 Å². The molecule has 1 rings (SSSR count). The van der Waals surface area contributed by atoms with Crippen molar-refractivity contribution in [2.24, 2.45) is 0 Å². The fourth-order valence-electron chi connectivity index (χ4n) is 1.49. The highest BCUT2D eigenvalue weighted by Crippen LogP contribution is 2.15. The maximum absolute atomic E-state index is 11.2. The Morgan fingerprint density at radius 1 is 1.38 bits per heavy atom. The van der Waals surface area contributed by atoms with E-state index in [0.717, 1.165) is 5.69 Å². The molecule has 1 aromatic rings. The molecule has 0 bridgehead atoms. The largest absolute Gasteiger partial charge is 0.299 e. The van der Waals surface area contributed by atoms with E-state index >= 15 is 0 Å². The minimum Gasteiger partial charge on any atom is -0.299 e. The van der Waals surface area contributed by atoms with Crippen molar-refractivity contribution >= 4 is 5.78 Å². The van der Waals surface area contributed by atoms with Crippen LogP contribution >= 0.6 is 0 Å². The molecular weight excluding hydrogens is 200 g/mol. The number of hydrogen-bond acceptors (Lipinski definition) is 3. The van der Waals surface area contributed by atoms with Gasteiger partial charge in [-0.15, -0.1) is 0 Å².